The molecule has 5 heteroatoms. The van der Waals surface area contributed by atoms with Gasteiger partial charge in [0.25, 0.3) is 0 Å². The van der Waals surface area contributed by atoms with E-state index in [0.29, 0.717) is 12.2 Å². The summed E-state index contributed by atoms with van der Waals surface area (Å²) < 4.78 is 18.9. The number of rotatable bonds is 3. The number of hydrogen-bond acceptors (Lipinski definition) is 3. The van der Waals surface area contributed by atoms with E-state index in [1.54, 1.807) is 12.1 Å². The molecule has 0 spiro atoms. The molecule has 1 aliphatic rings. The Kier molecular flexibility index (Phi) is 3.96. The molecular formula is C17H18FN3O. The van der Waals surface area contributed by atoms with Crippen molar-refractivity contribution >= 4 is 17.2 Å². The third kappa shape index (κ3) is 3.03. The zero-order valence-electron chi connectivity index (χ0n) is 12.3. The first-order valence-electron chi connectivity index (χ1n) is 7.27. The number of hydrogen-bond donors (Lipinski definition) is 2. The molecule has 3 N–H and O–H groups in total. The molecule has 2 aromatic rings. The van der Waals surface area contributed by atoms with Gasteiger partial charge in [-0.25, -0.2) is 4.39 Å². The fraction of sp³-hybridized carbons (Fsp3) is 0.235. The van der Waals surface area contributed by atoms with E-state index in [0.717, 1.165) is 29.3 Å². The Hall–Kier alpha value is -2.56. The number of ether oxygens (including phenoxy) is 1. The van der Waals surface area contributed by atoms with Crippen LogP contribution in [0.4, 0.5) is 15.8 Å². The zero-order valence-corrected chi connectivity index (χ0v) is 12.3. The summed E-state index contributed by atoms with van der Waals surface area (Å²) in [6.07, 6.45) is 0.665. The molecule has 0 bridgehead atoms. The molecule has 0 fully saturated rings. The van der Waals surface area contributed by atoms with Crippen LogP contribution in [-0.2, 0) is 6.54 Å². The molecule has 4 nitrogen and oxygen atoms in total. The van der Waals surface area contributed by atoms with E-state index in [9.17, 15) is 4.39 Å². The topological polar surface area (TPSA) is 59.6 Å². The van der Waals surface area contributed by atoms with Gasteiger partial charge < -0.3 is 15.8 Å². The Morgan fingerprint density at radius 1 is 1.23 bits per heavy atom. The summed E-state index contributed by atoms with van der Waals surface area (Å²) in [5.74, 6) is 1.28. The number of benzene rings is 2. The molecule has 0 aliphatic carbocycles. The van der Waals surface area contributed by atoms with Crippen LogP contribution >= 0.6 is 0 Å². The molecular weight excluding hydrogens is 281 g/mol. The molecule has 0 aromatic heterocycles. The largest absolute Gasteiger partial charge is 0.480 e. The van der Waals surface area contributed by atoms with Gasteiger partial charge in [0.2, 0.25) is 0 Å². The van der Waals surface area contributed by atoms with Gasteiger partial charge in [-0.05, 0) is 36.2 Å². The van der Waals surface area contributed by atoms with Crippen LogP contribution < -0.4 is 15.8 Å². The van der Waals surface area contributed by atoms with Gasteiger partial charge in [-0.2, -0.15) is 0 Å². The molecule has 1 unspecified atom stereocenters. The number of amidine groups is 1. The highest BCUT2D eigenvalue weighted by Gasteiger charge is 2.24. The van der Waals surface area contributed by atoms with Crippen molar-refractivity contribution < 1.29 is 9.13 Å². The number of anilines is 2. The molecule has 3 rings (SSSR count). The van der Waals surface area contributed by atoms with E-state index in [2.05, 4.69) is 10.3 Å². The minimum atomic E-state index is -0.242. The predicted molar refractivity (Wildman–Crippen MR) is 86.7 cm³/mol. The molecule has 1 heterocycles. The van der Waals surface area contributed by atoms with Crippen LogP contribution in [0.5, 0.6) is 5.75 Å². The highest BCUT2D eigenvalue weighted by molar-refractivity contribution is 6.02. The molecule has 2 aromatic carbocycles. The Morgan fingerprint density at radius 3 is 2.73 bits per heavy atom. The van der Waals surface area contributed by atoms with Gasteiger partial charge in [-0.15, -0.1) is 0 Å². The SMILES string of the molecule is CCC1Oc2cc(N)ccc2NC1=NCc1ccc(F)cc1. The lowest BCUT2D eigenvalue weighted by Gasteiger charge is -2.28. The van der Waals surface area contributed by atoms with Gasteiger partial charge in [0.15, 0.2) is 6.10 Å². The highest BCUT2D eigenvalue weighted by atomic mass is 19.1. The van der Waals surface area contributed by atoms with Crippen molar-refractivity contribution in [1.29, 1.82) is 0 Å². The average molecular weight is 299 g/mol. The van der Waals surface area contributed by atoms with Crippen molar-refractivity contribution in [3.63, 3.8) is 0 Å². The molecule has 114 valence electrons. The molecule has 22 heavy (non-hydrogen) atoms. The second-order valence-corrected chi connectivity index (χ2v) is 5.22. The Labute approximate surface area is 128 Å². The van der Waals surface area contributed by atoms with Crippen molar-refractivity contribution in [2.24, 2.45) is 4.99 Å². The van der Waals surface area contributed by atoms with E-state index < -0.39 is 0 Å². The maximum absolute atomic E-state index is 12.9. The van der Waals surface area contributed by atoms with Crippen LogP contribution in [0.25, 0.3) is 0 Å². The van der Waals surface area contributed by atoms with Gasteiger partial charge in [-0.1, -0.05) is 19.1 Å². The molecule has 0 saturated carbocycles. The Balaban J connectivity index is 1.81. The first-order valence-corrected chi connectivity index (χ1v) is 7.27. The molecule has 0 radical (unpaired) electrons. The van der Waals surface area contributed by atoms with Crippen molar-refractivity contribution in [3.8, 4) is 5.75 Å². The van der Waals surface area contributed by atoms with Gasteiger partial charge in [0.1, 0.15) is 17.4 Å². The van der Waals surface area contributed by atoms with Crippen LogP contribution in [0.2, 0.25) is 0 Å². The first-order chi connectivity index (χ1) is 10.7. The first kappa shape index (κ1) is 14.4. The Bertz CT molecular complexity index is 698. The lowest BCUT2D eigenvalue weighted by atomic mass is 10.1. The average Bonchev–Trinajstić information content (AvgIpc) is 2.53. The summed E-state index contributed by atoms with van der Waals surface area (Å²) in [4.78, 5) is 4.58. The summed E-state index contributed by atoms with van der Waals surface area (Å²) >= 11 is 0. The number of halogens is 1. The summed E-state index contributed by atoms with van der Waals surface area (Å²) in [6.45, 7) is 2.52. The smallest absolute Gasteiger partial charge is 0.155 e. The van der Waals surface area contributed by atoms with Crippen molar-refractivity contribution in [1.82, 2.24) is 0 Å². The number of fused-ring (bicyclic) bond motifs is 1. The molecule has 1 aliphatic heterocycles. The van der Waals surface area contributed by atoms with Crippen LogP contribution in [0.15, 0.2) is 47.5 Å². The molecule has 1 atom stereocenters. The standard InChI is InChI=1S/C17H18FN3O/c1-2-15-17(20-10-11-3-5-12(18)6-4-11)21-14-8-7-13(19)9-16(14)22-15/h3-9,15H,2,10,19H2,1H3,(H,20,21). The third-order valence-electron chi connectivity index (χ3n) is 3.56. The predicted octanol–water partition coefficient (Wildman–Crippen LogP) is 3.59. The second kappa shape index (κ2) is 6.05. The number of aliphatic imine (C=N–C) groups is 1. The van der Waals surface area contributed by atoms with Crippen LogP contribution in [0.3, 0.4) is 0 Å². The minimum absolute atomic E-state index is 0.130. The van der Waals surface area contributed by atoms with Gasteiger partial charge in [0.05, 0.1) is 12.2 Å². The van der Waals surface area contributed by atoms with Crippen molar-refractivity contribution in [2.45, 2.75) is 26.0 Å². The maximum Gasteiger partial charge on any atom is 0.155 e. The second-order valence-electron chi connectivity index (χ2n) is 5.22. The molecule has 0 amide bonds. The van der Waals surface area contributed by atoms with E-state index in [1.807, 2.05) is 25.1 Å². The van der Waals surface area contributed by atoms with E-state index in [1.165, 1.54) is 12.1 Å². The summed E-state index contributed by atoms with van der Waals surface area (Å²) in [5.41, 5.74) is 8.26. The van der Waals surface area contributed by atoms with Crippen LogP contribution in [0.1, 0.15) is 18.9 Å². The maximum atomic E-state index is 12.9. The summed E-state index contributed by atoms with van der Waals surface area (Å²) in [7, 11) is 0. The quantitative estimate of drug-likeness (QED) is 0.851. The fourth-order valence-electron chi connectivity index (χ4n) is 2.35. The van der Waals surface area contributed by atoms with Gasteiger partial charge >= 0.3 is 0 Å². The zero-order chi connectivity index (χ0) is 15.5. The monoisotopic (exact) mass is 299 g/mol. The minimum Gasteiger partial charge on any atom is -0.480 e. The number of nitrogens with one attached hydrogen (secondary N) is 1. The van der Waals surface area contributed by atoms with Crippen LogP contribution in [0, 0.1) is 5.82 Å². The Morgan fingerprint density at radius 2 is 2.00 bits per heavy atom. The van der Waals surface area contributed by atoms with E-state index >= 15 is 0 Å². The lowest BCUT2D eigenvalue weighted by Crippen LogP contribution is -2.36. The van der Waals surface area contributed by atoms with Crippen LogP contribution in [-0.4, -0.2) is 11.9 Å². The van der Waals surface area contributed by atoms with Crippen molar-refractivity contribution in [3.05, 3.63) is 53.8 Å². The summed E-state index contributed by atoms with van der Waals surface area (Å²) in [5, 5.41) is 3.30. The normalized spacial score (nSPS) is 18.5. The molecule has 0 saturated heterocycles. The number of nitrogens with zero attached hydrogens (tertiary/aromatic N) is 1. The van der Waals surface area contributed by atoms with E-state index in [-0.39, 0.29) is 11.9 Å². The summed E-state index contributed by atoms with van der Waals surface area (Å²) in [6, 6.07) is 11.9. The number of nitrogens with two attached hydrogens (primary N) is 1. The highest BCUT2D eigenvalue weighted by Crippen LogP contribution is 2.32. The fourth-order valence-corrected chi connectivity index (χ4v) is 2.35. The van der Waals surface area contributed by atoms with Gasteiger partial charge in [-0.3, -0.25) is 4.99 Å². The van der Waals surface area contributed by atoms with Crippen molar-refractivity contribution in [2.75, 3.05) is 11.1 Å². The third-order valence-corrected chi connectivity index (χ3v) is 3.56. The van der Waals surface area contributed by atoms with E-state index in [4.69, 9.17) is 10.5 Å². The van der Waals surface area contributed by atoms with Gasteiger partial charge in [0, 0.05) is 11.8 Å². The lowest BCUT2D eigenvalue weighted by molar-refractivity contribution is 0.258. The number of nitrogen functional groups attached to an aromatic ring is 1.